The number of carbonyl (C=O) groups is 3. The lowest BCUT2D eigenvalue weighted by Gasteiger charge is -2.13. The number of halogens is 2. The molecule has 3 amide bonds. The first kappa shape index (κ1) is 19.1. The van der Waals surface area contributed by atoms with Crippen LogP contribution < -0.4 is 5.32 Å². The van der Waals surface area contributed by atoms with E-state index in [1.54, 1.807) is 24.3 Å². The molecule has 0 unspecified atom stereocenters. The van der Waals surface area contributed by atoms with Gasteiger partial charge in [-0.15, -0.1) is 0 Å². The maximum Gasteiger partial charge on any atom is 0.293 e. The van der Waals surface area contributed by atoms with Gasteiger partial charge in [0.25, 0.3) is 17.1 Å². The van der Waals surface area contributed by atoms with Crippen molar-refractivity contribution in [3.05, 3.63) is 75.4 Å². The largest absolute Gasteiger partial charge is 0.350 e. The molecule has 2 aromatic carbocycles. The lowest BCUT2D eigenvalue weighted by atomic mass is 10.2. The molecule has 0 saturated carbocycles. The van der Waals surface area contributed by atoms with Gasteiger partial charge in [-0.05, 0) is 59.8 Å². The molecule has 1 aliphatic heterocycles. The molecule has 0 atom stereocenters. The number of amides is 3. The maximum absolute atomic E-state index is 13.0. The summed E-state index contributed by atoms with van der Waals surface area (Å²) in [5.41, 5.74) is 1.06. The van der Waals surface area contributed by atoms with Crippen LogP contribution in [0.3, 0.4) is 0 Å². The van der Waals surface area contributed by atoms with E-state index >= 15 is 0 Å². The van der Waals surface area contributed by atoms with E-state index in [1.165, 1.54) is 30.3 Å². The molecule has 1 N–H and O–H groups in total. The summed E-state index contributed by atoms with van der Waals surface area (Å²) in [6, 6.07) is 12.0. The van der Waals surface area contributed by atoms with Crippen molar-refractivity contribution in [1.29, 1.82) is 0 Å². The summed E-state index contributed by atoms with van der Waals surface area (Å²) in [5.74, 6) is -1.13. The number of nitrogens with zero attached hydrogens (tertiary/aromatic N) is 1. The van der Waals surface area contributed by atoms with Crippen molar-refractivity contribution in [2.45, 2.75) is 0 Å². The van der Waals surface area contributed by atoms with Gasteiger partial charge in [-0.3, -0.25) is 19.3 Å². The van der Waals surface area contributed by atoms with E-state index in [4.69, 9.17) is 11.6 Å². The Morgan fingerprint density at radius 2 is 1.78 bits per heavy atom. The monoisotopic (exact) mass is 404 g/mol. The van der Waals surface area contributed by atoms with Gasteiger partial charge in [-0.25, -0.2) is 4.39 Å². The SMILES string of the molecule is O=C(NCCN1C(=O)S/C(=C\c2ccc(F)cc2)C1=O)c1ccc(Cl)cc1. The number of carbonyl (C=O) groups excluding carboxylic acids is 3. The van der Waals surface area contributed by atoms with E-state index < -0.39 is 11.1 Å². The Morgan fingerprint density at radius 1 is 1.11 bits per heavy atom. The first-order chi connectivity index (χ1) is 12.9. The summed E-state index contributed by atoms with van der Waals surface area (Å²) in [6.45, 7) is 0.189. The number of hydrogen-bond acceptors (Lipinski definition) is 4. The van der Waals surface area contributed by atoms with E-state index in [-0.39, 0.29) is 29.7 Å². The molecule has 2 aromatic rings. The minimum Gasteiger partial charge on any atom is -0.350 e. The fourth-order valence-corrected chi connectivity index (χ4v) is 3.38. The van der Waals surface area contributed by atoms with E-state index in [0.717, 1.165) is 16.7 Å². The Kier molecular flexibility index (Phi) is 5.93. The lowest BCUT2D eigenvalue weighted by molar-refractivity contribution is -0.122. The predicted octanol–water partition coefficient (Wildman–Crippen LogP) is 3.95. The molecule has 8 heteroatoms. The zero-order chi connectivity index (χ0) is 19.4. The van der Waals surface area contributed by atoms with Crippen LogP contribution in [-0.2, 0) is 4.79 Å². The number of nitrogens with one attached hydrogen (secondary N) is 1. The Hall–Kier alpha value is -2.64. The molecule has 5 nitrogen and oxygen atoms in total. The molecular formula is C19H14ClFN2O3S. The molecule has 1 heterocycles. The van der Waals surface area contributed by atoms with Crippen LogP contribution >= 0.6 is 23.4 Å². The quantitative estimate of drug-likeness (QED) is 0.766. The molecule has 0 bridgehead atoms. The number of thioether (sulfide) groups is 1. The lowest BCUT2D eigenvalue weighted by Crippen LogP contribution is -2.37. The molecule has 1 saturated heterocycles. The third kappa shape index (κ3) is 4.75. The van der Waals surface area contributed by atoms with Crippen molar-refractivity contribution in [3.8, 4) is 0 Å². The van der Waals surface area contributed by atoms with Crippen LogP contribution in [-0.4, -0.2) is 35.0 Å². The van der Waals surface area contributed by atoms with E-state index in [1.807, 2.05) is 0 Å². The molecule has 3 rings (SSSR count). The standard InChI is InChI=1S/C19H14ClFN2O3S/c20-14-5-3-13(4-6-14)17(24)22-9-10-23-18(25)16(27-19(23)26)11-12-1-7-15(21)8-2-12/h1-8,11H,9-10H2,(H,22,24)/b16-11-. The second-order valence-corrected chi connectivity index (χ2v) is 7.08. The van der Waals surface area contributed by atoms with Crippen molar-refractivity contribution in [3.63, 3.8) is 0 Å². The van der Waals surface area contributed by atoms with Gasteiger partial charge >= 0.3 is 0 Å². The highest BCUT2D eigenvalue weighted by atomic mass is 35.5. The van der Waals surface area contributed by atoms with Crippen LogP contribution in [0.2, 0.25) is 5.02 Å². The maximum atomic E-state index is 13.0. The van der Waals surface area contributed by atoms with E-state index in [0.29, 0.717) is 16.1 Å². The molecule has 27 heavy (non-hydrogen) atoms. The normalized spacial score (nSPS) is 15.5. The van der Waals surface area contributed by atoms with Crippen molar-refractivity contribution in [2.24, 2.45) is 0 Å². The zero-order valence-corrected chi connectivity index (χ0v) is 15.5. The Balaban J connectivity index is 1.58. The molecule has 138 valence electrons. The summed E-state index contributed by atoms with van der Waals surface area (Å²) >= 11 is 6.59. The van der Waals surface area contributed by atoms with Crippen LogP contribution in [0.15, 0.2) is 53.4 Å². The number of rotatable bonds is 5. The van der Waals surface area contributed by atoms with Gasteiger partial charge in [0.05, 0.1) is 4.91 Å². The minimum absolute atomic E-state index is 0.0603. The van der Waals surface area contributed by atoms with Crippen LogP contribution in [0.4, 0.5) is 9.18 Å². The van der Waals surface area contributed by atoms with Gasteiger partial charge in [-0.2, -0.15) is 0 Å². The van der Waals surface area contributed by atoms with Crippen molar-refractivity contribution in [1.82, 2.24) is 10.2 Å². The highest BCUT2D eigenvalue weighted by molar-refractivity contribution is 8.18. The van der Waals surface area contributed by atoms with Gasteiger partial charge in [0.1, 0.15) is 5.82 Å². The van der Waals surface area contributed by atoms with Gasteiger partial charge in [-0.1, -0.05) is 23.7 Å². The molecule has 1 fully saturated rings. The van der Waals surface area contributed by atoms with Crippen LogP contribution in [0.1, 0.15) is 15.9 Å². The summed E-state index contributed by atoms with van der Waals surface area (Å²) in [6.07, 6.45) is 1.54. The second kappa shape index (κ2) is 8.37. The van der Waals surface area contributed by atoms with Crippen LogP contribution in [0.25, 0.3) is 6.08 Å². The highest BCUT2D eigenvalue weighted by Crippen LogP contribution is 2.31. The third-order valence-electron chi connectivity index (χ3n) is 3.77. The number of hydrogen-bond donors (Lipinski definition) is 1. The third-order valence-corrected chi connectivity index (χ3v) is 4.93. The van der Waals surface area contributed by atoms with Crippen molar-refractivity contribution in [2.75, 3.05) is 13.1 Å². The molecule has 0 aliphatic carbocycles. The van der Waals surface area contributed by atoms with Gasteiger partial charge in [0.2, 0.25) is 0 Å². The smallest absolute Gasteiger partial charge is 0.293 e. The number of imide groups is 1. The van der Waals surface area contributed by atoms with Crippen molar-refractivity contribution >= 4 is 46.5 Å². The first-order valence-corrected chi connectivity index (χ1v) is 9.18. The average molecular weight is 405 g/mol. The predicted molar refractivity (Wildman–Crippen MR) is 103 cm³/mol. The summed E-state index contributed by atoms with van der Waals surface area (Å²) < 4.78 is 13.0. The van der Waals surface area contributed by atoms with Gasteiger partial charge < -0.3 is 5.32 Å². The van der Waals surface area contributed by atoms with Crippen molar-refractivity contribution < 1.29 is 18.8 Å². The van der Waals surface area contributed by atoms with Crippen LogP contribution in [0.5, 0.6) is 0 Å². The first-order valence-electron chi connectivity index (χ1n) is 7.99. The summed E-state index contributed by atoms with van der Waals surface area (Å²) in [7, 11) is 0. The van der Waals surface area contributed by atoms with E-state index in [2.05, 4.69) is 5.32 Å². The fraction of sp³-hybridized carbons (Fsp3) is 0.105. The molecule has 0 aromatic heterocycles. The molecule has 0 spiro atoms. The Labute approximate surface area is 164 Å². The van der Waals surface area contributed by atoms with Gasteiger partial charge in [0.15, 0.2) is 0 Å². The van der Waals surface area contributed by atoms with E-state index in [9.17, 15) is 18.8 Å². The molecule has 0 radical (unpaired) electrons. The Bertz CT molecular complexity index is 914. The topological polar surface area (TPSA) is 66.5 Å². The Morgan fingerprint density at radius 3 is 2.44 bits per heavy atom. The number of benzene rings is 2. The zero-order valence-electron chi connectivity index (χ0n) is 13.9. The molecule has 1 aliphatic rings. The molecular weight excluding hydrogens is 391 g/mol. The average Bonchev–Trinajstić information content (AvgIpc) is 2.91. The minimum atomic E-state index is -0.435. The van der Waals surface area contributed by atoms with Crippen LogP contribution in [0, 0.1) is 5.82 Å². The summed E-state index contributed by atoms with van der Waals surface area (Å²) in [5, 5.41) is 2.78. The fourth-order valence-electron chi connectivity index (χ4n) is 2.39. The van der Waals surface area contributed by atoms with Gasteiger partial charge in [0, 0.05) is 23.7 Å². The second-order valence-electron chi connectivity index (χ2n) is 5.65. The summed E-state index contributed by atoms with van der Waals surface area (Å²) in [4.78, 5) is 37.8. The highest BCUT2D eigenvalue weighted by Gasteiger charge is 2.34.